The predicted octanol–water partition coefficient (Wildman–Crippen LogP) is 5.10. The van der Waals surface area contributed by atoms with Crippen LogP contribution in [0.15, 0.2) is 48.5 Å². The molecule has 0 aliphatic carbocycles. The Kier molecular flexibility index (Phi) is 14.3. The van der Waals surface area contributed by atoms with Gasteiger partial charge in [0.25, 0.3) is 0 Å². The molecule has 2 rings (SSSR count). The van der Waals surface area contributed by atoms with Gasteiger partial charge in [-0.25, -0.2) is 14.4 Å². The van der Waals surface area contributed by atoms with Gasteiger partial charge in [-0.1, -0.05) is 58.4 Å². The molecule has 3 atom stereocenters. The minimum atomic E-state index is -1.30. The highest BCUT2D eigenvalue weighted by atomic mass is 35.5. The molecule has 0 spiro atoms. The fraction of sp³-hybridized carbons (Fsp3) is 0.469. The van der Waals surface area contributed by atoms with Crippen LogP contribution in [-0.2, 0) is 23.9 Å². The molecule has 2 aromatic rings. The maximum absolute atomic E-state index is 13.3. The Morgan fingerprint density at radius 1 is 0.822 bits per heavy atom. The van der Waals surface area contributed by atoms with Gasteiger partial charge in [0, 0.05) is 35.8 Å². The molecule has 2 aromatic carbocycles. The molecule has 3 unspecified atom stereocenters. The van der Waals surface area contributed by atoms with Crippen LogP contribution >= 0.6 is 11.6 Å². The van der Waals surface area contributed by atoms with E-state index in [9.17, 15) is 34.2 Å². The van der Waals surface area contributed by atoms with Crippen LogP contribution in [0.25, 0.3) is 0 Å². The van der Waals surface area contributed by atoms with E-state index in [1.54, 1.807) is 48.5 Å². The minimum Gasteiger partial charge on any atom is -0.480 e. The second-order valence-corrected chi connectivity index (χ2v) is 12.8. The van der Waals surface area contributed by atoms with Crippen molar-refractivity contribution in [2.45, 2.75) is 71.9 Å². The zero-order valence-corrected chi connectivity index (χ0v) is 26.9. The van der Waals surface area contributed by atoms with E-state index in [4.69, 9.17) is 16.3 Å². The SMILES string of the molecule is CC(C)CC(C(=O)NC(CCOCC(NC(=O)CC(C)(C)C)C(=O)O)C(=O)O)c1ccc(NC(=O)Nc2ccc(Cl)cc2)cc1. The molecule has 45 heavy (non-hydrogen) atoms. The Labute approximate surface area is 268 Å². The third-order valence-corrected chi connectivity index (χ3v) is 6.72. The zero-order valence-electron chi connectivity index (χ0n) is 26.2. The van der Waals surface area contributed by atoms with Crippen LogP contribution in [0.2, 0.25) is 5.02 Å². The van der Waals surface area contributed by atoms with Gasteiger partial charge in [-0.3, -0.25) is 9.59 Å². The molecule has 12 nitrogen and oxygen atoms in total. The summed E-state index contributed by atoms with van der Waals surface area (Å²) in [7, 11) is 0. The lowest BCUT2D eigenvalue weighted by molar-refractivity contribution is -0.145. The van der Waals surface area contributed by atoms with Crippen molar-refractivity contribution in [1.29, 1.82) is 0 Å². The first-order chi connectivity index (χ1) is 21.0. The van der Waals surface area contributed by atoms with Crippen molar-refractivity contribution in [2.75, 3.05) is 23.8 Å². The summed E-state index contributed by atoms with van der Waals surface area (Å²) in [6, 6.07) is 10.3. The summed E-state index contributed by atoms with van der Waals surface area (Å²) in [6.45, 7) is 8.91. The van der Waals surface area contributed by atoms with Gasteiger partial charge >= 0.3 is 18.0 Å². The van der Waals surface area contributed by atoms with Crippen LogP contribution in [0.3, 0.4) is 0 Å². The largest absolute Gasteiger partial charge is 0.480 e. The van der Waals surface area contributed by atoms with Crippen molar-refractivity contribution in [2.24, 2.45) is 11.3 Å². The van der Waals surface area contributed by atoms with Crippen molar-refractivity contribution in [3.8, 4) is 0 Å². The maximum atomic E-state index is 13.3. The fourth-order valence-electron chi connectivity index (χ4n) is 4.33. The summed E-state index contributed by atoms with van der Waals surface area (Å²) >= 11 is 5.87. The molecule has 13 heteroatoms. The van der Waals surface area contributed by atoms with Crippen molar-refractivity contribution < 1.29 is 38.9 Å². The summed E-state index contributed by atoms with van der Waals surface area (Å²) in [6.07, 6.45) is 0.441. The van der Waals surface area contributed by atoms with Crippen LogP contribution in [0.4, 0.5) is 16.2 Å². The van der Waals surface area contributed by atoms with E-state index in [-0.39, 0.29) is 37.4 Å². The number of hydrogen-bond donors (Lipinski definition) is 6. The number of aliphatic carboxylic acids is 2. The molecule has 0 radical (unpaired) electrons. The summed E-state index contributed by atoms with van der Waals surface area (Å²) in [5.41, 5.74) is 1.36. The second kappa shape index (κ2) is 17.4. The molecule has 0 aromatic heterocycles. The van der Waals surface area contributed by atoms with Crippen LogP contribution in [0.5, 0.6) is 0 Å². The van der Waals surface area contributed by atoms with E-state index in [1.807, 2.05) is 34.6 Å². The fourth-order valence-corrected chi connectivity index (χ4v) is 4.45. The van der Waals surface area contributed by atoms with Crippen LogP contribution in [-0.4, -0.2) is 65.3 Å². The van der Waals surface area contributed by atoms with Crippen molar-refractivity contribution in [1.82, 2.24) is 10.6 Å². The maximum Gasteiger partial charge on any atom is 0.328 e. The molecule has 0 saturated heterocycles. The summed E-state index contributed by atoms with van der Waals surface area (Å²) < 4.78 is 5.39. The number of halogens is 1. The number of ether oxygens (including phenoxy) is 1. The van der Waals surface area contributed by atoms with Crippen LogP contribution in [0, 0.1) is 11.3 Å². The highest BCUT2D eigenvalue weighted by Crippen LogP contribution is 2.26. The summed E-state index contributed by atoms with van der Waals surface area (Å²) in [5, 5.41) is 30.1. The standard InChI is InChI=1S/C32H43ClN4O8/c1-19(2)16-24(20-6-10-22(11-7-20)34-31(44)35-23-12-8-21(33)9-13-23)28(39)37-25(29(40)41)14-15-45-18-26(30(42)43)36-27(38)17-32(3,4)5/h6-13,19,24-26H,14-18H2,1-5H3,(H,36,38)(H,37,39)(H,40,41)(H,42,43)(H2,34,35,44). The number of carboxylic acid groups (broad SMARTS) is 2. The van der Waals surface area contributed by atoms with Crippen LogP contribution < -0.4 is 21.3 Å². The van der Waals surface area contributed by atoms with E-state index in [2.05, 4.69) is 21.3 Å². The molecule has 4 amide bonds. The Bertz CT molecular complexity index is 1310. The van der Waals surface area contributed by atoms with E-state index in [1.165, 1.54) is 0 Å². The molecule has 6 N–H and O–H groups in total. The van der Waals surface area contributed by atoms with Gasteiger partial charge in [-0.15, -0.1) is 0 Å². The number of carbonyl (C=O) groups excluding carboxylic acids is 3. The van der Waals surface area contributed by atoms with Gasteiger partial charge in [0.2, 0.25) is 11.8 Å². The predicted molar refractivity (Wildman–Crippen MR) is 171 cm³/mol. The number of benzene rings is 2. The number of urea groups is 1. The van der Waals surface area contributed by atoms with Crippen molar-refractivity contribution in [3.63, 3.8) is 0 Å². The lowest BCUT2D eigenvalue weighted by Crippen LogP contribution is -2.46. The Morgan fingerprint density at radius 3 is 1.84 bits per heavy atom. The first-order valence-electron chi connectivity index (χ1n) is 14.6. The Hall–Kier alpha value is -4.16. The molecule has 0 saturated carbocycles. The van der Waals surface area contributed by atoms with Gasteiger partial charge in [0.1, 0.15) is 6.04 Å². The van der Waals surface area contributed by atoms with Gasteiger partial charge in [0.15, 0.2) is 6.04 Å². The Morgan fingerprint density at radius 2 is 1.36 bits per heavy atom. The van der Waals surface area contributed by atoms with Gasteiger partial charge < -0.3 is 36.2 Å². The number of carbonyl (C=O) groups is 5. The second-order valence-electron chi connectivity index (χ2n) is 12.3. The average Bonchev–Trinajstić information content (AvgIpc) is 2.93. The molecule has 0 bridgehead atoms. The van der Waals surface area contributed by atoms with Crippen LogP contribution in [0.1, 0.15) is 65.4 Å². The number of amides is 4. The number of nitrogens with one attached hydrogen (secondary N) is 4. The summed E-state index contributed by atoms with van der Waals surface area (Å²) in [5.74, 6) is -4.03. The third kappa shape index (κ3) is 14.0. The smallest absolute Gasteiger partial charge is 0.328 e. The third-order valence-electron chi connectivity index (χ3n) is 6.47. The number of hydrogen-bond acceptors (Lipinski definition) is 6. The normalized spacial score (nSPS) is 13.3. The summed E-state index contributed by atoms with van der Waals surface area (Å²) in [4.78, 5) is 61.3. The van der Waals surface area contributed by atoms with Gasteiger partial charge in [-0.2, -0.15) is 0 Å². The molecule has 0 fully saturated rings. The highest BCUT2D eigenvalue weighted by molar-refractivity contribution is 6.30. The molecule has 246 valence electrons. The molecular weight excluding hydrogens is 604 g/mol. The minimum absolute atomic E-state index is 0.108. The topological polar surface area (TPSA) is 183 Å². The Balaban J connectivity index is 1.98. The molecule has 0 aliphatic heterocycles. The molecule has 0 aliphatic rings. The van der Waals surface area contributed by atoms with Crippen molar-refractivity contribution in [3.05, 3.63) is 59.1 Å². The zero-order chi connectivity index (χ0) is 33.7. The van der Waals surface area contributed by atoms with Gasteiger partial charge in [0.05, 0.1) is 12.5 Å². The van der Waals surface area contributed by atoms with Crippen molar-refractivity contribution >= 4 is 52.8 Å². The average molecular weight is 647 g/mol. The number of carboxylic acids is 2. The quantitative estimate of drug-likeness (QED) is 0.136. The first-order valence-corrected chi connectivity index (χ1v) is 15.0. The lowest BCUT2D eigenvalue weighted by Gasteiger charge is -2.23. The highest BCUT2D eigenvalue weighted by Gasteiger charge is 2.28. The van der Waals surface area contributed by atoms with Gasteiger partial charge in [-0.05, 0) is 59.7 Å². The number of anilines is 2. The van der Waals surface area contributed by atoms with E-state index >= 15 is 0 Å². The van der Waals surface area contributed by atoms with E-state index in [0.29, 0.717) is 28.4 Å². The molecular formula is C32H43ClN4O8. The monoisotopic (exact) mass is 646 g/mol. The lowest BCUT2D eigenvalue weighted by atomic mass is 9.89. The van der Waals surface area contributed by atoms with E-state index < -0.39 is 47.8 Å². The molecule has 0 heterocycles. The van der Waals surface area contributed by atoms with E-state index in [0.717, 1.165) is 0 Å². The number of rotatable bonds is 16. The first kappa shape index (κ1) is 37.0.